The van der Waals surface area contributed by atoms with E-state index in [-0.39, 0.29) is 10.9 Å². The van der Waals surface area contributed by atoms with Crippen LogP contribution in [0.2, 0.25) is 5.02 Å². The third-order valence-electron chi connectivity index (χ3n) is 3.76. The van der Waals surface area contributed by atoms with Gasteiger partial charge in [0, 0.05) is 11.7 Å². The number of nitrogens with zero attached hydrogens (tertiary/aromatic N) is 1. The second-order valence-electron chi connectivity index (χ2n) is 5.43. The number of rotatable bonds is 4. The van der Waals surface area contributed by atoms with Crippen LogP contribution in [-0.4, -0.2) is 43.5 Å². The van der Waals surface area contributed by atoms with Crippen LogP contribution in [0.3, 0.4) is 0 Å². The van der Waals surface area contributed by atoms with Crippen molar-refractivity contribution in [3.63, 3.8) is 0 Å². The van der Waals surface area contributed by atoms with E-state index in [1.165, 1.54) is 18.2 Å². The smallest absolute Gasteiger partial charge is 0.238 e. The van der Waals surface area contributed by atoms with Crippen molar-refractivity contribution in [2.45, 2.75) is 25.3 Å². The van der Waals surface area contributed by atoms with Gasteiger partial charge < -0.3 is 10.6 Å². The van der Waals surface area contributed by atoms with Crippen molar-refractivity contribution in [3.8, 4) is 0 Å². The molecule has 1 aromatic rings. The molecule has 21 heavy (non-hydrogen) atoms. The molecule has 1 atom stereocenters. The molecule has 1 fully saturated rings. The molecule has 0 bridgehead atoms. The number of amides is 1. The minimum atomic E-state index is -0.488. The summed E-state index contributed by atoms with van der Waals surface area (Å²) in [6.07, 6.45) is 3.27. The molecule has 2 rings (SSSR count). The number of anilines is 1. The summed E-state index contributed by atoms with van der Waals surface area (Å²) in [5, 5.41) is 6.12. The van der Waals surface area contributed by atoms with Gasteiger partial charge in [0.2, 0.25) is 5.91 Å². The number of nitrogens with one attached hydrogen (secondary N) is 2. The molecule has 0 aromatic heterocycles. The lowest BCUT2D eigenvalue weighted by Gasteiger charge is -2.26. The van der Waals surface area contributed by atoms with Crippen molar-refractivity contribution in [1.29, 1.82) is 0 Å². The quantitative estimate of drug-likeness (QED) is 0.897. The first-order chi connectivity index (χ1) is 10.1. The Labute approximate surface area is 129 Å². The van der Waals surface area contributed by atoms with Gasteiger partial charge in [-0.2, -0.15) is 0 Å². The molecule has 1 saturated heterocycles. The van der Waals surface area contributed by atoms with E-state index in [9.17, 15) is 9.18 Å². The van der Waals surface area contributed by atoms with Crippen LogP contribution in [0.5, 0.6) is 0 Å². The summed E-state index contributed by atoms with van der Waals surface area (Å²) < 4.78 is 13.1. The van der Waals surface area contributed by atoms with E-state index in [4.69, 9.17) is 11.6 Å². The summed E-state index contributed by atoms with van der Waals surface area (Å²) in [5.41, 5.74) is 0.516. The molecule has 1 aliphatic rings. The Hall–Kier alpha value is -1.17. The van der Waals surface area contributed by atoms with Crippen molar-refractivity contribution in [2.75, 3.05) is 32.0 Å². The van der Waals surface area contributed by atoms with Gasteiger partial charge in [-0.3, -0.25) is 9.69 Å². The Morgan fingerprint density at radius 3 is 3.05 bits per heavy atom. The van der Waals surface area contributed by atoms with Gasteiger partial charge in [-0.1, -0.05) is 11.6 Å². The van der Waals surface area contributed by atoms with E-state index in [1.807, 2.05) is 7.05 Å². The highest BCUT2D eigenvalue weighted by molar-refractivity contribution is 6.31. The summed E-state index contributed by atoms with van der Waals surface area (Å²) >= 11 is 5.70. The van der Waals surface area contributed by atoms with E-state index in [0.717, 1.165) is 32.4 Å². The molecule has 0 spiro atoms. The number of halogens is 2. The predicted octanol–water partition coefficient (Wildman–Crippen LogP) is 2.49. The number of likely N-dealkylation sites (N-methyl/N-ethyl adjacent to an activating group) is 1. The van der Waals surface area contributed by atoms with Crippen LogP contribution in [0.25, 0.3) is 0 Å². The van der Waals surface area contributed by atoms with Crippen molar-refractivity contribution in [1.82, 2.24) is 10.2 Å². The molecule has 1 unspecified atom stereocenters. The topological polar surface area (TPSA) is 44.4 Å². The minimum absolute atomic E-state index is 0.0102. The fraction of sp³-hybridized carbons (Fsp3) is 0.533. The Morgan fingerprint density at radius 1 is 1.48 bits per heavy atom. The van der Waals surface area contributed by atoms with E-state index < -0.39 is 5.82 Å². The fourth-order valence-corrected chi connectivity index (χ4v) is 2.75. The molecule has 0 saturated carbocycles. The molecule has 4 nitrogen and oxygen atoms in total. The molecular weight excluding hydrogens is 293 g/mol. The van der Waals surface area contributed by atoms with Gasteiger partial charge in [0.25, 0.3) is 0 Å². The maximum atomic E-state index is 13.1. The van der Waals surface area contributed by atoms with Crippen molar-refractivity contribution in [2.24, 2.45) is 0 Å². The van der Waals surface area contributed by atoms with Crippen molar-refractivity contribution >= 4 is 23.2 Å². The molecule has 0 radical (unpaired) electrons. The Kier molecular flexibility index (Phi) is 5.96. The number of carbonyl (C=O) groups is 1. The average molecular weight is 314 g/mol. The highest BCUT2D eigenvalue weighted by atomic mass is 35.5. The highest BCUT2D eigenvalue weighted by Crippen LogP contribution is 2.19. The first-order valence-corrected chi connectivity index (χ1v) is 7.60. The van der Waals surface area contributed by atoms with E-state index in [2.05, 4.69) is 15.5 Å². The Bertz CT molecular complexity index is 490. The standard InChI is InChI=1S/C15H21ClFN3O/c1-20(12-3-2-7-18-8-6-12)10-15(21)19-11-4-5-14(17)13(16)9-11/h4-5,9,12,18H,2-3,6-8,10H2,1H3,(H,19,21). The van der Waals surface area contributed by atoms with E-state index >= 15 is 0 Å². The molecular formula is C15H21ClFN3O. The Morgan fingerprint density at radius 2 is 2.29 bits per heavy atom. The molecule has 1 aromatic carbocycles. The lowest BCUT2D eigenvalue weighted by Crippen LogP contribution is -2.38. The van der Waals surface area contributed by atoms with Gasteiger partial charge in [0.05, 0.1) is 11.6 Å². The first-order valence-electron chi connectivity index (χ1n) is 7.22. The first kappa shape index (κ1) is 16.2. The fourth-order valence-electron chi connectivity index (χ4n) is 2.57. The zero-order valence-electron chi connectivity index (χ0n) is 12.2. The summed E-state index contributed by atoms with van der Waals surface area (Å²) in [6, 6.07) is 4.60. The Balaban J connectivity index is 1.86. The lowest BCUT2D eigenvalue weighted by molar-refractivity contribution is -0.117. The van der Waals surface area contributed by atoms with Crippen molar-refractivity contribution < 1.29 is 9.18 Å². The van der Waals surface area contributed by atoms with Gasteiger partial charge in [-0.15, -0.1) is 0 Å². The third kappa shape index (κ3) is 4.95. The van der Waals surface area contributed by atoms with Crippen LogP contribution in [0.1, 0.15) is 19.3 Å². The largest absolute Gasteiger partial charge is 0.325 e. The molecule has 1 heterocycles. The second-order valence-corrected chi connectivity index (χ2v) is 5.83. The maximum absolute atomic E-state index is 13.1. The summed E-state index contributed by atoms with van der Waals surface area (Å²) in [6.45, 7) is 2.36. The summed E-state index contributed by atoms with van der Waals surface area (Å²) in [5.74, 6) is -0.602. The molecule has 1 amide bonds. The average Bonchev–Trinajstić information content (AvgIpc) is 2.72. The van der Waals surface area contributed by atoms with Crippen LogP contribution in [0.4, 0.5) is 10.1 Å². The van der Waals surface area contributed by atoms with Gasteiger partial charge in [-0.25, -0.2) is 4.39 Å². The van der Waals surface area contributed by atoms with Crippen LogP contribution >= 0.6 is 11.6 Å². The molecule has 2 N–H and O–H groups in total. The van der Waals surface area contributed by atoms with Crippen LogP contribution in [0.15, 0.2) is 18.2 Å². The zero-order chi connectivity index (χ0) is 15.2. The molecule has 116 valence electrons. The van der Waals surface area contributed by atoms with Crippen LogP contribution in [0, 0.1) is 5.82 Å². The van der Waals surface area contributed by atoms with Crippen molar-refractivity contribution in [3.05, 3.63) is 29.0 Å². The monoisotopic (exact) mass is 313 g/mol. The predicted molar refractivity (Wildman–Crippen MR) is 83.2 cm³/mol. The molecule has 1 aliphatic heterocycles. The minimum Gasteiger partial charge on any atom is -0.325 e. The molecule has 0 aliphatic carbocycles. The summed E-state index contributed by atoms with van der Waals surface area (Å²) in [7, 11) is 1.97. The lowest BCUT2D eigenvalue weighted by atomic mass is 10.1. The van der Waals surface area contributed by atoms with Gasteiger partial charge in [0.1, 0.15) is 5.82 Å². The van der Waals surface area contributed by atoms with Gasteiger partial charge >= 0.3 is 0 Å². The number of hydrogen-bond acceptors (Lipinski definition) is 3. The van der Waals surface area contributed by atoms with E-state index in [1.54, 1.807) is 0 Å². The highest BCUT2D eigenvalue weighted by Gasteiger charge is 2.18. The normalized spacial score (nSPS) is 19.3. The summed E-state index contributed by atoms with van der Waals surface area (Å²) in [4.78, 5) is 14.1. The van der Waals surface area contributed by atoms with Gasteiger partial charge in [0.15, 0.2) is 0 Å². The second kappa shape index (κ2) is 7.73. The molecule has 6 heteroatoms. The number of carbonyl (C=O) groups excluding carboxylic acids is 1. The van der Waals surface area contributed by atoms with Crippen LogP contribution < -0.4 is 10.6 Å². The number of hydrogen-bond donors (Lipinski definition) is 2. The van der Waals surface area contributed by atoms with Gasteiger partial charge in [-0.05, 0) is 57.6 Å². The zero-order valence-corrected chi connectivity index (χ0v) is 12.9. The third-order valence-corrected chi connectivity index (χ3v) is 4.05. The van der Waals surface area contributed by atoms with E-state index in [0.29, 0.717) is 18.3 Å². The van der Waals surface area contributed by atoms with Crippen LogP contribution in [-0.2, 0) is 4.79 Å². The maximum Gasteiger partial charge on any atom is 0.238 e. The SMILES string of the molecule is CN(CC(=O)Nc1ccc(F)c(Cl)c1)C1CCCNCC1. The number of benzene rings is 1.